The van der Waals surface area contributed by atoms with E-state index in [-0.39, 0.29) is 5.82 Å². The standard InChI is InChI=1S/C10H8ClF/c11-8-5-7-3-1-2-4-9(7)10(12)6-8/h1,3,5-6H,2,4H2. The van der Waals surface area contributed by atoms with Gasteiger partial charge in [-0.3, -0.25) is 0 Å². The van der Waals surface area contributed by atoms with Crippen LogP contribution in [0.15, 0.2) is 18.2 Å². The van der Waals surface area contributed by atoms with Crippen LogP contribution in [0.1, 0.15) is 17.5 Å². The van der Waals surface area contributed by atoms with Crippen LogP contribution >= 0.6 is 11.6 Å². The number of rotatable bonds is 0. The second-order valence-corrected chi connectivity index (χ2v) is 3.33. The van der Waals surface area contributed by atoms with Crippen LogP contribution in [0.2, 0.25) is 5.02 Å². The summed E-state index contributed by atoms with van der Waals surface area (Å²) in [7, 11) is 0. The second kappa shape index (κ2) is 2.91. The summed E-state index contributed by atoms with van der Waals surface area (Å²) in [4.78, 5) is 0. The smallest absolute Gasteiger partial charge is 0.128 e. The molecule has 0 spiro atoms. The molecule has 0 heterocycles. The quantitative estimate of drug-likeness (QED) is 0.577. The molecule has 0 fully saturated rings. The molecule has 0 saturated heterocycles. The number of fused-ring (bicyclic) bond motifs is 1. The van der Waals surface area contributed by atoms with Gasteiger partial charge < -0.3 is 0 Å². The van der Waals surface area contributed by atoms with E-state index in [9.17, 15) is 4.39 Å². The van der Waals surface area contributed by atoms with Gasteiger partial charge in [-0.25, -0.2) is 4.39 Å². The number of allylic oxidation sites excluding steroid dienone is 1. The molecule has 0 nitrogen and oxygen atoms in total. The molecule has 0 atom stereocenters. The van der Waals surface area contributed by atoms with Crippen LogP contribution in [-0.4, -0.2) is 0 Å². The summed E-state index contributed by atoms with van der Waals surface area (Å²) in [5.41, 5.74) is 1.72. The van der Waals surface area contributed by atoms with Crippen molar-refractivity contribution in [3.05, 3.63) is 40.2 Å². The van der Waals surface area contributed by atoms with E-state index in [2.05, 4.69) is 0 Å². The minimum Gasteiger partial charge on any atom is -0.207 e. The van der Waals surface area contributed by atoms with E-state index < -0.39 is 0 Å². The maximum absolute atomic E-state index is 13.2. The lowest BCUT2D eigenvalue weighted by Gasteiger charge is -2.11. The lowest BCUT2D eigenvalue weighted by molar-refractivity contribution is 0.608. The second-order valence-electron chi connectivity index (χ2n) is 2.90. The summed E-state index contributed by atoms with van der Waals surface area (Å²) in [6, 6.07) is 3.18. The van der Waals surface area contributed by atoms with Gasteiger partial charge in [0.1, 0.15) is 5.82 Å². The van der Waals surface area contributed by atoms with Crippen LogP contribution in [0.4, 0.5) is 4.39 Å². The molecular weight excluding hydrogens is 175 g/mol. The van der Waals surface area contributed by atoms with Crippen LogP contribution < -0.4 is 0 Å². The highest BCUT2D eigenvalue weighted by Crippen LogP contribution is 2.25. The highest BCUT2D eigenvalue weighted by molar-refractivity contribution is 6.30. The van der Waals surface area contributed by atoms with Gasteiger partial charge in [0.15, 0.2) is 0 Å². The fraction of sp³-hybridized carbons (Fsp3) is 0.200. The lowest BCUT2D eigenvalue weighted by atomic mass is 9.97. The van der Waals surface area contributed by atoms with Gasteiger partial charge in [0.25, 0.3) is 0 Å². The maximum atomic E-state index is 13.2. The van der Waals surface area contributed by atoms with Crippen molar-refractivity contribution in [1.29, 1.82) is 0 Å². The Morgan fingerprint density at radius 3 is 3.00 bits per heavy atom. The third kappa shape index (κ3) is 1.25. The lowest BCUT2D eigenvalue weighted by Crippen LogP contribution is -1.97. The van der Waals surface area contributed by atoms with Gasteiger partial charge in [0.2, 0.25) is 0 Å². The SMILES string of the molecule is Fc1cc(Cl)cc2c1CCC=C2. The summed E-state index contributed by atoms with van der Waals surface area (Å²) in [6.45, 7) is 0. The minimum atomic E-state index is -0.179. The predicted octanol–water partition coefficient (Wildman–Crippen LogP) is 3.44. The van der Waals surface area contributed by atoms with Gasteiger partial charge in [0, 0.05) is 5.02 Å². The fourth-order valence-electron chi connectivity index (χ4n) is 1.47. The predicted molar refractivity (Wildman–Crippen MR) is 48.8 cm³/mol. The van der Waals surface area contributed by atoms with E-state index in [1.807, 2.05) is 12.2 Å². The Balaban J connectivity index is 2.62. The molecule has 0 radical (unpaired) electrons. The van der Waals surface area contributed by atoms with Crippen LogP contribution in [0.3, 0.4) is 0 Å². The van der Waals surface area contributed by atoms with Gasteiger partial charge >= 0.3 is 0 Å². The first-order valence-electron chi connectivity index (χ1n) is 3.92. The number of benzene rings is 1. The molecule has 0 saturated carbocycles. The van der Waals surface area contributed by atoms with Crippen molar-refractivity contribution in [2.24, 2.45) is 0 Å². The Morgan fingerprint density at radius 1 is 1.33 bits per heavy atom. The molecule has 2 rings (SSSR count). The van der Waals surface area contributed by atoms with Crippen molar-refractivity contribution >= 4 is 17.7 Å². The highest BCUT2D eigenvalue weighted by Gasteiger charge is 2.10. The average molecular weight is 183 g/mol. The number of hydrogen-bond acceptors (Lipinski definition) is 0. The summed E-state index contributed by atoms with van der Waals surface area (Å²) in [6.07, 6.45) is 5.67. The normalized spacial score (nSPS) is 14.5. The number of halogens is 2. The molecule has 0 N–H and O–H groups in total. The minimum absolute atomic E-state index is 0.179. The third-order valence-electron chi connectivity index (χ3n) is 2.05. The molecule has 0 amide bonds. The molecule has 0 bridgehead atoms. The molecule has 1 aliphatic rings. The first-order chi connectivity index (χ1) is 5.77. The zero-order valence-corrected chi connectivity index (χ0v) is 7.24. The Labute approximate surface area is 75.7 Å². The summed E-state index contributed by atoms with van der Waals surface area (Å²) in [5, 5.41) is 0.470. The molecule has 1 aromatic carbocycles. The molecule has 0 aliphatic heterocycles. The zero-order valence-electron chi connectivity index (χ0n) is 6.48. The molecule has 1 aliphatic carbocycles. The summed E-state index contributed by atoms with van der Waals surface area (Å²) in [5.74, 6) is -0.179. The van der Waals surface area contributed by atoms with Gasteiger partial charge in [-0.15, -0.1) is 0 Å². The Kier molecular flexibility index (Phi) is 1.89. The van der Waals surface area contributed by atoms with E-state index in [0.717, 1.165) is 24.0 Å². The highest BCUT2D eigenvalue weighted by atomic mass is 35.5. The van der Waals surface area contributed by atoms with Crippen molar-refractivity contribution in [2.45, 2.75) is 12.8 Å². The van der Waals surface area contributed by atoms with Gasteiger partial charge in [-0.2, -0.15) is 0 Å². The van der Waals surface area contributed by atoms with Crippen molar-refractivity contribution in [3.8, 4) is 0 Å². The number of hydrogen-bond donors (Lipinski definition) is 0. The van der Waals surface area contributed by atoms with Crippen molar-refractivity contribution in [2.75, 3.05) is 0 Å². The first kappa shape index (κ1) is 7.81. The molecule has 12 heavy (non-hydrogen) atoms. The Bertz CT molecular complexity index is 342. The van der Waals surface area contributed by atoms with E-state index in [1.54, 1.807) is 6.07 Å². The molecule has 2 heteroatoms. The van der Waals surface area contributed by atoms with Crippen molar-refractivity contribution in [3.63, 3.8) is 0 Å². The molecule has 62 valence electrons. The average Bonchev–Trinajstić information content (AvgIpc) is 2.04. The topological polar surface area (TPSA) is 0 Å². The van der Waals surface area contributed by atoms with E-state index >= 15 is 0 Å². The van der Waals surface area contributed by atoms with E-state index in [0.29, 0.717) is 5.02 Å². The van der Waals surface area contributed by atoms with Gasteiger partial charge in [-0.05, 0) is 36.1 Å². The molecule has 0 unspecified atom stereocenters. The zero-order chi connectivity index (χ0) is 8.55. The van der Waals surface area contributed by atoms with Crippen LogP contribution in [0.25, 0.3) is 6.08 Å². The summed E-state index contributed by atoms with van der Waals surface area (Å²) < 4.78 is 13.2. The largest absolute Gasteiger partial charge is 0.207 e. The van der Waals surface area contributed by atoms with E-state index in [1.165, 1.54) is 6.07 Å². The van der Waals surface area contributed by atoms with Crippen molar-refractivity contribution in [1.82, 2.24) is 0 Å². The van der Waals surface area contributed by atoms with Gasteiger partial charge in [-0.1, -0.05) is 23.8 Å². The molecule has 0 aromatic heterocycles. The van der Waals surface area contributed by atoms with E-state index in [4.69, 9.17) is 11.6 Å². The van der Waals surface area contributed by atoms with Crippen molar-refractivity contribution < 1.29 is 4.39 Å². The third-order valence-corrected chi connectivity index (χ3v) is 2.27. The monoisotopic (exact) mass is 182 g/mol. The molecule has 1 aromatic rings. The van der Waals surface area contributed by atoms with Crippen LogP contribution in [0.5, 0.6) is 0 Å². The molecular formula is C10H8ClF. The first-order valence-corrected chi connectivity index (χ1v) is 4.29. The Morgan fingerprint density at radius 2 is 2.17 bits per heavy atom. The van der Waals surface area contributed by atoms with Crippen LogP contribution in [0, 0.1) is 5.82 Å². The van der Waals surface area contributed by atoms with Crippen LogP contribution in [-0.2, 0) is 6.42 Å². The van der Waals surface area contributed by atoms with Gasteiger partial charge in [0.05, 0.1) is 0 Å². The Hall–Kier alpha value is -0.820. The fourth-order valence-corrected chi connectivity index (χ4v) is 1.69. The maximum Gasteiger partial charge on any atom is 0.128 e. The summed E-state index contributed by atoms with van der Waals surface area (Å²) >= 11 is 5.71.